The number of H-pyrrole nitrogens is 1. The van der Waals surface area contributed by atoms with Crippen LogP contribution in [0.1, 0.15) is 41.4 Å². The molecule has 2 aliphatic heterocycles. The molecule has 0 spiro atoms. The van der Waals surface area contributed by atoms with E-state index in [4.69, 9.17) is 4.74 Å². The van der Waals surface area contributed by atoms with E-state index in [1.807, 2.05) is 36.4 Å². The van der Waals surface area contributed by atoms with E-state index in [-0.39, 0.29) is 35.6 Å². The maximum absolute atomic E-state index is 13.8. The number of amides is 3. The number of aromatic nitrogens is 2. The van der Waals surface area contributed by atoms with Crippen molar-refractivity contribution in [2.45, 2.75) is 37.3 Å². The number of likely N-dealkylation sites (tertiary alicyclic amines) is 1. The zero-order valence-corrected chi connectivity index (χ0v) is 21.4. The van der Waals surface area contributed by atoms with Gasteiger partial charge in [0.25, 0.3) is 5.91 Å². The molecule has 5 rings (SSSR count). The minimum absolute atomic E-state index is 0.00422. The number of carbonyl (C=O) groups is 3. The largest absolute Gasteiger partial charge is 0.496 e. The number of nitrogens with one attached hydrogen (secondary N) is 3. The van der Waals surface area contributed by atoms with Crippen molar-refractivity contribution in [2.75, 3.05) is 26.7 Å². The topological polar surface area (TPSA) is 129 Å². The molecule has 10 heteroatoms. The Morgan fingerprint density at radius 1 is 1.29 bits per heavy atom. The third kappa shape index (κ3) is 5.11. The molecular weight excluding hydrogens is 484 g/mol. The molecule has 0 bridgehead atoms. The number of benzene rings is 1. The third-order valence-corrected chi connectivity index (χ3v) is 7.47. The Kier molecular flexibility index (Phi) is 7.39. The van der Waals surface area contributed by atoms with E-state index in [0.29, 0.717) is 43.9 Å². The number of carbonyl (C=O) groups excluding carboxylic acids is 3. The molecular formula is C28H32N6O4. The van der Waals surface area contributed by atoms with Gasteiger partial charge in [-0.05, 0) is 56.3 Å². The Morgan fingerprint density at radius 3 is 2.87 bits per heavy atom. The van der Waals surface area contributed by atoms with Gasteiger partial charge in [-0.25, -0.2) is 0 Å². The van der Waals surface area contributed by atoms with Gasteiger partial charge in [0, 0.05) is 53.8 Å². The Balaban J connectivity index is 1.40. The standard InChI is InChI=1S/C28H32N6O4/c1-29-15-19(12-17-9-11-31-26(17)35)32-27(36)24-13-18(21-6-3-4-10-30-21)16-34(24)28(37)23-14-20-22(33-23)7-5-8-25(20)38-2/h3-8,10,14,17-19,24,33H,1,9,11-13,15-16H2,2H3,(H,31,35)(H,32,36)/t17-,18+,19-,24-/m0/s1. The van der Waals surface area contributed by atoms with Gasteiger partial charge >= 0.3 is 0 Å². The van der Waals surface area contributed by atoms with E-state index < -0.39 is 6.04 Å². The normalized spacial score (nSPS) is 21.8. The van der Waals surface area contributed by atoms with Crippen LogP contribution in [0.2, 0.25) is 0 Å². The number of pyridine rings is 1. The van der Waals surface area contributed by atoms with Crippen LogP contribution >= 0.6 is 0 Å². The molecule has 0 radical (unpaired) electrons. The maximum Gasteiger partial charge on any atom is 0.271 e. The summed E-state index contributed by atoms with van der Waals surface area (Å²) in [6.07, 6.45) is 3.36. The average molecular weight is 517 g/mol. The lowest BCUT2D eigenvalue weighted by atomic mass is 9.97. The highest BCUT2D eigenvalue weighted by atomic mass is 16.5. The molecule has 3 aromatic rings. The lowest BCUT2D eigenvalue weighted by molar-refractivity contribution is -0.126. The van der Waals surface area contributed by atoms with Gasteiger partial charge in [0.1, 0.15) is 17.5 Å². The molecule has 0 unspecified atom stereocenters. The summed E-state index contributed by atoms with van der Waals surface area (Å²) in [5, 5.41) is 6.70. The molecule has 10 nitrogen and oxygen atoms in total. The zero-order chi connectivity index (χ0) is 26.6. The monoisotopic (exact) mass is 516 g/mol. The first kappa shape index (κ1) is 25.4. The number of rotatable bonds is 9. The van der Waals surface area contributed by atoms with Crippen LogP contribution in [0.5, 0.6) is 5.75 Å². The van der Waals surface area contributed by atoms with Gasteiger partial charge in [-0.15, -0.1) is 0 Å². The lowest BCUT2D eigenvalue weighted by Crippen LogP contribution is -2.50. The van der Waals surface area contributed by atoms with E-state index in [2.05, 4.69) is 32.3 Å². The van der Waals surface area contributed by atoms with Gasteiger partial charge in [0.2, 0.25) is 11.8 Å². The van der Waals surface area contributed by atoms with Gasteiger partial charge in [-0.1, -0.05) is 12.1 Å². The van der Waals surface area contributed by atoms with Crippen molar-refractivity contribution in [3.63, 3.8) is 0 Å². The van der Waals surface area contributed by atoms with Gasteiger partial charge in [0.15, 0.2) is 0 Å². The van der Waals surface area contributed by atoms with Crippen LogP contribution in [0.15, 0.2) is 53.7 Å². The zero-order valence-electron chi connectivity index (χ0n) is 21.4. The highest BCUT2D eigenvalue weighted by molar-refractivity contribution is 6.01. The molecule has 3 N–H and O–H groups in total. The Bertz CT molecular complexity index is 1340. The second-order valence-corrected chi connectivity index (χ2v) is 9.89. The van der Waals surface area contributed by atoms with Crippen molar-refractivity contribution in [1.29, 1.82) is 0 Å². The fourth-order valence-corrected chi connectivity index (χ4v) is 5.56. The molecule has 2 saturated heterocycles. The van der Waals surface area contributed by atoms with Gasteiger partial charge < -0.3 is 25.3 Å². The Morgan fingerprint density at radius 2 is 2.16 bits per heavy atom. The summed E-state index contributed by atoms with van der Waals surface area (Å²) in [6.45, 7) is 4.87. The number of nitrogens with zero attached hydrogens (tertiary/aromatic N) is 3. The molecule has 2 fully saturated rings. The molecule has 2 aromatic heterocycles. The SMILES string of the molecule is C=NC[C@H](C[C@@H]1CCNC1=O)NC(=O)[C@@H]1C[C@@H](c2ccccn2)CN1C(=O)c1cc2c(OC)cccc2[nH]1. The van der Waals surface area contributed by atoms with Crippen LogP contribution in [-0.2, 0) is 9.59 Å². The van der Waals surface area contributed by atoms with Crippen molar-refractivity contribution in [3.8, 4) is 5.75 Å². The smallest absolute Gasteiger partial charge is 0.271 e. The Hall–Kier alpha value is -4.21. The molecule has 38 heavy (non-hydrogen) atoms. The van der Waals surface area contributed by atoms with Gasteiger partial charge in [0.05, 0.1) is 13.7 Å². The number of aromatic amines is 1. The molecule has 2 aliphatic rings. The minimum Gasteiger partial charge on any atom is -0.496 e. The maximum atomic E-state index is 13.8. The second kappa shape index (κ2) is 11.0. The fourth-order valence-electron chi connectivity index (χ4n) is 5.56. The van der Waals surface area contributed by atoms with Crippen LogP contribution in [-0.4, -0.2) is 78.1 Å². The van der Waals surface area contributed by atoms with E-state index in [9.17, 15) is 14.4 Å². The lowest BCUT2D eigenvalue weighted by Gasteiger charge is -2.26. The van der Waals surface area contributed by atoms with E-state index in [0.717, 1.165) is 23.0 Å². The summed E-state index contributed by atoms with van der Waals surface area (Å²) >= 11 is 0. The van der Waals surface area contributed by atoms with Crippen LogP contribution in [0.3, 0.4) is 0 Å². The first-order chi connectivity index (χ1) is 18.5. The fraction of sp³-hybridized carbons (Fsp3) is 0.393. The summed E-state index contributed by atoms with van der Waals surface area (Å²) in [6, 6.07) is 12.0. The van der Waals surface area contributed by atoms with Crippen molar-refractivity contribution < 1.29 is 19.1 Å². The summed E-state index contributed by atoms with van der Waals surface area (Å²) in [5.74, 6) is -0.142. The number of methoxy groups -OCH3 is 1. The van der Waals surface area contributed by atoms with Gasteiger partial charge in [-0.2, -0.15) is 0 Å². The summed E-state index contributed by atoms with van der Waals surface area (Å²) in [7, 11) is 1.59. The highest BCUT2D eigenvalue weighted by Crippen LogP contribution is 2.33. The number of aliphatic imine (C=N–C) groups is 1. The van der Waals surface area contributed by atoms with Crippen molar-refractivity contribution in [3.05, 3.63) is 60.0 Å². The van der Waals surface area contributed by atoms with Crippen LogP contribution in [0.25, 0.3) is 10.9 Å². The quantitative estimate of drug-likeness (QED) is 0.376. The van der Waals surface area contributed by atoms with E-state index in [1.54, 1.807) is 24.3 Å². The second-order valence-electron chi connectivity index (χ2n) is 9.89. The van der Waals surface area contributed by atoms with E-state index in [1.165, 1.54) is 0 Å². The van der Waals surface area contributed by atoms with E-state index >= 15 is 0 Å². The predicted octanol–water partition coefficient (Wildman–Crippen LogP) is 2.28. The van der Waals surface area contributed by atoms with Crippen molar-refractivity contribution in [2.24, 2.45) is 10.9 Å². The number of hydrogen-bond donors (Lipinski definition) is 3. The Labute approximate surface area is 220 Å². The number of hydrogen-bond acceptors (Lipinski definition) is 6. The first-order valence-electron chi connectivity index (χ1n) is 12.9. The van der Waals surface area contributed by atoms with Crippen molar-refractivity contribution >= 4 is 35.3 Å². The molecule has 1 aromatic carbocycles. The molecule has 4 atom stereocenters. The summed E-state index contributed by atoms with van der Waals surface area (Å²) < 4.78 is 5.45. The van der Waals surface area contributed by atoms with Crippen LogP contribution < -0.4 is 15.4 Å². The van der Waals surface area contributed by atoms with Crippen molar-refractivity contribution in [1.82, 2.24) is 25.5 Å². The molecule has 4 heterocycles. The number of ether oxygens (including phenoxy) is 1. The highest BCUT2D eigenvalue weighted by Gasteiger charge is 2.42. The van der Waals surface area contributed by atoms with Gasteiger partial charge in [-0.3, -0.25) is 24.4 Å². The first-order valence-corrected chi connectivity index (χ1v) is 12.9. The average Bonchev–Trinajstić information content (AvgIpc) is 3.67. The molecule has 3 amide bonds. The molecule has 0 saturated carbocycles. The molecule has 198 valence electrons. The summed E-state index contributed by atoms with van der Waals surface area (Å²) in [4.78, 5) is 52.9. The van der Waals surface area contributed by atoms with Crippen LogP contribution in [0, 0.1) is 5.92 Å². The molecule has 0 aliphatic carbocycles. The number of fused-ring (bicyclic) bond motifs is 1. The predicted molar refractivity (Wildman–Crippen MR) is 143 cm³/mol. The summed E-state index contributed by atoms with van der Waals surface area (Å²) in [5.41, 5.74) is 2.00. The third-order valence-electron chi connectivity index (χ3n) is 7.47. The van der Waals surface area contributed by atoms with Crippen LogP contribution in [0.4, 0.5) is 0 Å². The minimum atomic E-state index is -0.701.